The summed E-state index contributed by atoms with van der Waals surface area (Å²) in [5.41, 5.74) is 0. The van der Waals surface area contributed by atoms with Crippen molar-refractivity contribution in [3.05, 3.63) is 0 Å². The van der Waals surface area contributed by atoms with Crippen LogP contribution in [-0.2, 0) is 32.8 Å². The van der Waals surface area contributed by atoms with Gasteiger partial charge in [0.2, 0.25) is 6.29 Å². The highest BCUT2D eigenvalue weighted by Crippen LogP contribution is 2.25. The van der Waals surface area contributed by atoms with E-state index in [9.17, 15) is 16.8 Å². The van der Waals surface area contributed by atoms with Gasteiger partial charge in [0.1, 0.15) is 6.61 Å². The molecule has 10 nitrogen and oxygen atoms in total. The van der Waals surface area contributed by atoms with E-state index in [1.165, 1.54) is 0 Å². The number of hydrogen-bond donors (Lipinski definition) is 3. The largest absolute Gasteiger partial charge is 0.419 e. The van der Waals surface area contributed by atoms with Gasteiger partial charge in [0.05, 0.1) is 0 Å². The van der Waals surface area contributed by atoms with Crippen LogP contribution in [0.15, 0.2) is 0 Å². The fraction of sp³-hybridized carbons (Fsp3) is 1.00. The van der Waals surface area contributed by atoms with E-state index in [0.717, 1.165) is 0 Å². The fourth-order valence-corrected chi connectivity index (χ4v) is 2.56. The quantitative estimate of drug-likeness (QED) is 0.435. The Hall–Kier alpha value is -0.340. The van der Waals surface area contributed by atoms with E-state index in [2.05, 4.69) is 12.0 Å². The third kappa shape index (κ3) is 2.82. The zero-order chi connectivity index (χ0) is 11.9. The molecule has 15 heavy (non-hydrogen) atoms. The van der Waals surface area contributed by atoms with Crippen LogP contribution in [0.3, 0.4) is 0 Å². The van der Waals surface area contributed by atoms with Gasteiger partial charge in [-0.3, -0.25) is 0 Å². The minimum Gasteiger partial charge on any atom is -0.391 e. The van der Waals surface area contributed by atoms with Crippen LogP contribution in [0.5, 0.6) is 0 Å². The minimum atomic E-state index is -5.16. The van der Waals surface area contributed by atoms with Crippen LogP contribution in [0.1, 0.15) is 0 Å². The summed E-state index contributed by atoms with van der Waals surface area (Å²) in [5, 5.41) is 26.5. The van der Waals surface area contributed by atoms with Crippen molar-refractivity contribution in [1.82, 2.24) is 0 Å². The first-order chi connectivity index (χ1) is 6.60. The molecule has 0 aromatic rings. The van der Waals surface area contributed by atoms with Crippen LogP contribution in [-0.4, -0.2) is 50.8 Å². The lowest BCUT2D eigenvalue weighted by Gasteiger charge is -2.24. The summed E-state index contributed by atoms with van der Waals surface area (Å²) in [6.45, 7) is -1.44. The van der Waals surface area contributed by atoms with Crippen LogP contribution in [0.4, 0.5) is 0 Å². The average molecular weight is 266 g/mol. The first kappa shape index (κ1) is 12.7. The average Bonchev–Trinajstić information content (AvgIpc) is 2.04. The predicted molar refractivity (Wildman–Crippen MR) is 39.1 cm³/mol. The second kappa shape index (κ2) is 3.60. The molecule has 0 aromatic carbocycles. The molecule has 2 unspecified atom stereocenters. The number of hydrogen-bond acceptors (Lipinski definition) is 10. The van der Waals surface area contributed by atoms with Gasteiger partial charge in [-0.15, -0.1) is 3.63 Å². The van der Waals surface area contributed by atoms with Gasteiger partial charge in [-0.1, -0.05) is 0 Å². The summed E-state index contributed by atoms with van der Waals surface area (Å²) in [6, 6.07) is 0. The van der Waals surface area contributed by atoms with Gasteiger partial charge in [0.15, 0.2) is 0 Å². The van der Waals surface area contributed by atoms with Crippen molar-refractivity contribution in [2.75, 3.05) is 6.61 Å². The zero-order valence-corrected chi connectivity index (χ0v) is 8.43. The van der Waals surface area contributed by atoms with Crippen molar-refractivity contribution in [1.29, 1.82) is 0 Å². The highest BCUT2D eigenvalue weighted by Gasteiger charge is 2.50. The Morgan fingerprint density at radius 3 is 2.20 bits per heavy atom. The molecule has 3 N–H and O–H groups in total. The van der Waals surface area contributed by atoms with Crippen molar-refractivity contribution in [2.24, 2.45) is 0 Å². The van der Waals surface area contributed by atoms with Gasteiger partial charge in [0.25, 0.3) is 5.79 Å². The maximum absolute atomic E-state index is 10.7. The lowest BCUT2D eigenvalue weighted by Crippen LogP contribution is -2.49. The first-order valence-corrected chi connectivity index (χ1v) is 5.88. The smallest absolute Gasteiger partial charge is 0.391 e. The summed E-state index contributed by atoms with van der Waals surface area (Å²) in [6.07, 6.45) is -2.65. The minimum absolute atomic E-state index is 1.44. The molecule has 0 aliphatic carbocycles. The van der Waals surface area contributed by atoms with Gasteiger partial charge in [-0.25, -0.2) is 8.37 Å². The molecular weight excluding hydrogens is 260 g/mol. The van der Waals surface area contributed by atoms with E-state index in [1.54, 1.807) is 0 Å². The monoisotopic (exact) mass is 266 g/mol. The second-order valence-corrected chi connectivity index (χ2v) is 4.96. The molecule has 1 saturated heterocycles. The van der Waals surface area contributed by atoms with Crippen LogP contribution in [0.25, 0.3) is 0 Å². The Bertz CT molecular complexity index is 433. The molecule has 1 aliphatic heterocycles. The molecule has 1 aliphatic rings. The van der Waals surface area contributed by atoms with Crippen molar-refractivity contribution in [3.8, 4) is 0 Å². The van der Waals surface area contributed by atoms with Gasteiger partial charge in [0, 0.05) is 0 Å². The Morgan fingerprint density at radius 2 is 1.73 bits per heavy atom. The SMILES string of the molecule is O=S1(=O)OC(O)C(O)(CO)OS(=O)(=O)O1. The van der Waals surface area contributed by atoms with Gasteiger partial charge >= 0.3 is 20.8 Å². The molecular formula is C3H6O10S2. The van der Waals surface area contributed by atoms with Crippen molar-refractivity contribution >= 4 is 20.8 Å². The summed E-state index contributed by atoms with van der Waals surface area (Å²) in [7, 11) is -10.3. The lowest BCUT2D eigenvalue weighted by atomic mass is 10.3. The van der Waals surface area contributed by atoms with Crippen molar-refractivity contribution in [3.63, 3.8) is 0 Å². The van der Waals surface area contributed by atoms with E-state index in [-0.39, 0.29) is 0 Å². The number of aliphatic hydroxyl groups is 3. The second-order valence-electron chi connectivity index (χ2n) is 2.42. The maximum Gasteiger partial charge on any atom is 0.419 e. The van der Waals surface area contributed by atoms with Crippen LogP contribution >= 0.6 is 0 Å². The van der Waals surface area contributed by atoms with Gasteiger partial charge < -0.3 is 15.3 Å². The molecule has 0 aromatic heterocycles. The molecule has 0 bridgehead atoms. The van der Waals surface area contributed by atoms with E-state index in [1.807, 2.05) is 0 Å². The van der Waals surface area contributed by atoms with Crippen LogP contribution in [0.2, 0.25) is 0 Å². The van der Waals surface area contributed by atoms with Crippen molar-refractivity contribution in [2.45, 2.75) is 12.1 Å². The fourth-order valence-electron chi connectivity index (χ4n) is 0.641. The highest BCUT2D eigenvalue weighted by atomic mass is 32.3. The van der Waals surface area contributed by atoms with E-state index in [0.29, 0.717) is 0 Å². The van der Waals surface area contributed by atoms with Crippen LogP contribution in [0, 0.1) is 0 Å². The Labute approximate surface area is 84.3 Å². The van der Waals surface area contributed by atoms with Gasteiger partial charge in [-0.2, -0.15) is 16.8 Å². The van der Waals surface area contributed by atoms with E-state index >= 15 is 0 Å². The molecule has 0 saturated carbocycles. The molecule has 1 heterocycles. The summed E-state index contributed by atoms with van der Waals surface area (Å²) in [5.74, 6) is -3.15. The topological polar surface area (TPSA) is 157 Å². The van der Waals surface area contributed by atoms with E-state index in [4.69, 9.17) is 15.3 Å². The summed E-state index contributed by atoms with van der Waals surface area (Å²) in [4.78, 5) is 0. The number of aliphatic hydroxyl groups excluding tert-OH is 2. The van der Waals surface area contributed by atoms with E-state index < -0.39 is 39.5 Å². The maximum atomic E-state index is 10.7. The van der Waals surface area contributed by atoms with Crippen LogP contribution < -0.4 is 0 Å². The summed E-state index contributed by atoms with van der Waals surface area (Å²) < 4.78 is 53.4. The molecule has 0 spiro atoms. The van der Waals surface area contributed by atoms with Gasteiger partial charge in [-0.05, 0) is 0 Å². The molecule has 0 amide bonds. The first-order valence-electron chi connectivity index (χ1n) is 3.21. The molecule has 0 radical (unpaired) electrons. The van der Waals surface area contributed by atoms with Crippen molar-refractivity contribution < 1.29 is 44.2 Å². The molecule has 12 heteroatoms. The third-order valence-electron chi connectivity index (χ3n) is 1.23. The summed E-state index contributed by atoms with van der Waals surface area (Å²) >= 11 is 0. The normalized spacial score (nSPS) is 39.5. The zero-order valence-electron chi connectivity index (χ0n) is 6.80. The molecule has 2 atom stereocenters. The molecule has 90 valence electrons. The Morgan fingerprint density at radius 1 is 1.20 bits per heavy atom. The highest BCUT2D eigenvalue weighted by molar-refractivity contribution is 7.95. The Balaban J connectivity index is 3.22. The Kier molecular flexibility index (Phi) is 3.05. The molecule has 1 rings (SSSR count). The predicted octanol–water partition coefficient (Wildman–Crippen LogP) is -3.46. The third-order valence-corrected chi connectivity index (χ3v) is 3.48. The standard InChI is InChI=1S/C3H6O10S2/c4-1-3(6)2(5)11-14(7,8)13-15(9,10)12-3/h2,4-6H,1H2. The number of rotatable bonds is 1. The lowest BCUT2D eigenvalue weighted by molar-refractivity contribution is -0.272. The molecule has 1 fully saturated rings.